The number of hydrogen-bond donors (Lipinski definition) is 3. The van der Waals surface area contributed by atoms with Crippen molar-refractivity contribution in [1.82, 2.24) is 0 Å². The number of amides is 1. The summed E-state index contributed by atoms with van der Waals surface area (Å²) >= 11 is 1.45. The molecule has 3 N–H and O–H groups in total. The molecule has 2 rings (SSSR count). The molecule has 0 unspecified atom stereocenters. The number of alkyl halides is 13. The highest BCUT2D eigenvalue weighted by atomic mass is 32.2. The number of thioether (sulfide) groups is 1. The van der Waals surface area contributed by atoms with E-state index in [1.54, 1.807) is 12.1 Å². The van der Waals surface area contributed by atoms with Crippen LogP contribution in [-0.2, 0) is 9.59 Å². The van der Waals surface area contributed by atoms with Crippen molar-refractivity contribution in [3.05, 3.63) is 60.2 Å². The van der Waals surface area contributed by atoms with Crippen LogP contribution in [0.25, 0.3) is 0 Å². The number of carbonyl (C=O) groups excluding carboxylic acids is 1. The van der Waals surface area contributed by atoms with E-state index in [1.807, 2.05) is 30.3 Å². The minimum Gasteiger partial charge on any atom is -0.478 e. The number of hydrogen-bond acceptors (Lipinski definition) is 4. The van der Waals surface area contributed by atoms with Gasteiger partial charge in [-0.1, -0.05) is 18.2 Å². The van der Waals surface area contributed by atoms with Crippen LogP contribution in [0, 0.1) is 0 Å². The van der Waals surface area contributed by atoms with Crippen LogP contribution in [0.3, 0.4) is 0 Å². The van der Waals surface area contributed by atoms with Gasteiger partial charge in [-0.2, -0.15) is 57.1 Å². The summed E-state index contributed by atoms with van der Waals surface area (Å²) in [6, 6.07) is 15.7. The highest BCUT2D eigenvalue weighted by Crippen LogP contribution is 2.60. The minimum absolute atomic E-state index is 0.123. The molecule has 0 saturated heterocycles. The molecule has 6 nitrogen and oxygen atoms in total. The average Bonchev–Trinajstić information content (AvgIpc) is 2.87. The maximum absolute atomic E-state index is 12.6. The molecule has 1 amide bonds. The fourth-order valence-corrected chi connectivity index (χ4v) is 3.18. The summed E-state index contributed by atoms with van der Waals surface area (Å²) in [5.41, 5.74) is 0.787. The van der Waals surface area contributed by atoms with Gasteiger partial charge < -0.3 is 15.5 Å². The van der Waals surface area contributed by atoms with Crippen molar-refractivity contribution in [2.24, 2.45) is 0 Å². The lowest BCUT2D eigenvalue weighted by molar-refractivity contribution is -0.436. The molecule has 0 aliphatic rings. The summed E-state index contributed by atoms with van der Waals surface area (Å²) in [5, 5.41) is 19.1. The number of carbonyl (C=O) groups is 3. The third kappa shape index (κ3) is 7.37. The van der Waals surface area contributed by atoms with E-state index < -0.39 is 47.7 Å². The molecule has 0 saturated carbocycles. The first kappa shape index (κ1) is 36.3. The van der Waals surface area contributed by atoms with Crippen LogP contribution in [-0.4, -0.2) is 69.6 Å². The van der Waals surface area contributed by atoms with E-state index in [0.29, 0.717) is 11.4 Å². The van der Waals surface area contributed by atoms with Crippen LogP contribution in [0.15, 0.2) is 59.5 Å². The molecule has 42 heavy (non-hydrogen) atoms. The quantitative estimate of drug-likeness (QED) is 0.190. The summed E-state index contributed by atoms with van der Waals surface area (Å²) in [4.78, 5) is 33.2. The third-order valence-corrected chi connectivity index (χ3v) is 5.74. The standard InChI is InChI=1S/C15H13NO3S.C7HF13O2/c17-14(10-20-13-4-2-1-3-5-13)16-12-8-6-11(7-9-12)15(18)19;8-2(9,1(21)22)3(10,11)4(12,13)5(14,15)6(16,17)7(18,19)20/h1-9H,10H2,(H,16,17)(H,18,19);(H,21,22). The molecule has 2 aromatic carbocycles. The molecular weight excluding hydrogens is 637 g/mol. The topological polar surface area (TPSA) is 104 Å². The first-order chi connectivity index (χ1) is 18.8. The van der Waals surface area contributed by atoms with Crippen LogP contribution >= 0.6 is 11.8 Å². The van der Waals surface area contributed by atoms with Gasteiger partial charge in [0.15, 0.2) is 0 Å². The summed E-state index contributed by atoms with van der Waals surface area (Å²) < 4.78 is 159. The number of benzene rings is 2. The minimum atomic E-state index is -8.08. The Hall–Kier alpha value is -3.71. The summed E-state index contributed by atoms with van der Waals surface area (Å²) in [6.07, 6.45) is -7.52. The number of aromatic carboxylic acids is 1. The Morgan fingerprint density at radius 2 is 1.10 bits per heavy atom. The van der Waals surface area contributed by atoms with E-state index in [4.69, 9.17) is 10.2 Å². The molecule has 0 bridgehead atoms. The number of carboxylic acid groups (broad SMARTS) is 2. The van der Waals surface area contributed by atoms with Crippen LogP contribution < -0.4 is 5.32 Å². The monoisotopic (exact) mass is 651 g/mol. The molecule has 0 fully saturated rings. The average molecular weight is 651 g/mol. The molecule has 20 heteroatoms. The van der Waals surface area contributed by atoms with Gasteiger partial charge in [0.1, 0.15) is 0 Å². The number of aliphatic carboxylic acids is 1. The van der Waals surface area contributed by atoms with Crippen LogP contribution in [0.2, 0.25) is 0 Å². The molecule has 0 aliphatic heterocycles. The second kappa shape index (κ2) is 12.7. The van der Waals surface area contributed by atoms with E-state index in [2.05, 4.69) is 5.32 Å². The predicted molar refractivity (Wildman–Crippen MR) is 118 cm³/mol. The largest absolute Gasteiger partial charge is 0.478 e. The Morgan fingerprint density at radius 1 is 0.643 bits per heavy atom. The Morgan fingerprint density at radius 3 is 1.50 bits per heavy atom. The number of rotatable bonds is 10. The van der Waals surface area contributed by atoms with Crippen molar-refractivity contribution in [3.63, 3.8) is 0 Å². The molecule has 0 aromatic heterocycles. The van der Waals surface area contributed by atoms with Gasteiger partial charge in [0.05, 0.1) is 11.3 Å². The fraction of sp³-hybridized carbons (Fsp3) is 0.318. The van der Waals surface area contributed by atoms with E-state index in [1.165, 1.54) is 23.9 Å². The van der Waals surface area contributed by atoms with Crippen molar-refractivity contribution in [3.8, 4) is 0 Å². The van der Waals surface area contributed by atoms with Gasteiger partial charge >= 0.3 is 47.7 Å². The van der Waals surface area contributed by atoms with E-state index in [9.17, 15) is 71.5 Å². The lowest BCUT2D eigenvalue weighted by Gasteiger charge is -2.38. The Balaban J connectivity index is 0.000000421. The van der Waals surface area contributed by atoms with E-state index in [-0.39, 0.29) is 11.5 Å². The fourth-order valence-electron chi connectivity index (χ4n) is 2.46. The summed E-state index contributed by atoms with van der Waals surface area (Å²) in [6.45, 7) is 0. The number of halogens is 13. The van der Waals surface area contributed by atoms with Gasteiger partial charge in [0.25, 0.3) is 0 Å². The lowest BCUT2D eigenvalue weighted by atomic mass is 9.94. The first-order valence-electron chi connectivity index (χ1n) is 10.3. The van der Waals surface area contributed by atoms with Gasteiger partial charge in [0.2, 0.25) is 5.91 Å². The van der Waals surface area contributed by atoms with Gasteiger partial charge in [-0.15, -0.1) is 11.8 Å². The maximum atomic E-state index is 12.6. The zero-order valence-corrected chi connectivity index (χ0v) is 20.7. The van der Waals surface area contributed by atoms with Crippen LogP contribution in [0.5, 0.6) is 0 Å². The lowest BCUT2D eigenvalue weighted by Crippen LogP contribution is -2.71. The highest BCUT2D eigenvalue weighted by molar-refractivity contribution is 8.00. The molecule has 2 aromatic rings. The first-order valence-corrected chi connectivity index (χ1v) is 11.3. The Labute approximate surface area is 229 Å². The molecular formula is C22H14F13NO5S. The van der Waals surface area contributed by atoms with Crippen molar-refractivity contribution in [1.29, 1.82) is 0 Å². The van der Waals surface area contributed by atoms with Gasteiger partial charge in [0, 0.05) is 10.6 Å². The van der Waals surface area contributed by atoms with E-state index >= 15 is 0 Å². The van der Waals surface area contributed by atoms with Crippen LogP contribution in [0.4, 0.5) is 62.8 Å². The number of carboxylic acids is 2. The van der Waals surface area contributed by atoms with E-state index in [0.717, 1.165) is 4.90 Å². The zero-order chi connectivity index (χ0) is 32.9. The van der Waals surface area contributed by atoms with Crippen molar-refractivity contribution in [2.45, 2.75) is 40.7 Å². The zero-order valence-electron chi connectivity index (χ0n) is 19.8. The smallest absolute Gasteiger partial charge is 0.460 e. The Kier molecular flexibility index (Phi) is 10.9. The Bertz CT molecular complexity index is 1250. The van der Waals surface area contributed by atoms with Crippen molar-refractivity contribution >= 4 is 35.3 Å². The van der Waals surface area contributed by atoms with Gasteiger partial charge in [-0.3, -0.25) is 4.79 Å². The maximum Gasteiger partial charge on any atom is 0.460 e. The second-order valence-corrected chi connectivity index (χ2v) is 8.76. The molecule has 0 radical (unpaired) electrons. The molecule has 0 heterocycles. The summed E-state index contributed by atoms with van der Waals surface area (Å²) in [7, 11) is 0. The molecule has 0 spiro atoms. The SMILES string of the molecule is O=C(CSc1ccccc1)Nc1ccc(C(=O)O)cc1.O=C(O)C(F)(F)C(F)(F)C(F)(F)C(F)(F)C(F)(F)C(F)(F)F. The van der Waals surface area contributed by atoms with Gasteiger partial charge in [-0.25, -0.2) is 9.59 Å². The molecule has 0 atom stereocenters. The third-order valence-electron chi connectivity index (χ3n) is 4.73. The second-order valence-electron chi connectivity index (χ2n) is 7.71. The van der Waals surface area contributed by atoms with Gasteiger partial charge in [-0.05, 0) is 36.4 Å². The van der Waals surface area contributed by atoms with Crippen LogP contribution in [0.1, 0.15) is 10.4 Å². The molecule has 234 valence electrons. The molecule has 0 aliphatic carbocycles. The number of anilines is 1. The predicted octanol–water partition coefficient (Wildman–Crippen LogP) is 6.93. The normalized spacial score (nSPS) is 13.1. The van der Waals surface area contributed by atoms with Crippen molar-refractivity contribution in [2.75, 3.05) is 11.1 Å². The number of nitrogens with one attached hydrogen (secondary N) is 1. The van der Waals surface area contributed by atoms with Crippen molar-refractivity contribution < 1.29 is 81.7 Å². The highest BCUT2D eigenvalue weighted by Gasteiger charge is 2.91. The summed E-state index contributed by atoms with van der Waals surface area (Å²) in [5.74, 6) is -43.8.